The van der Waals surface area contributed by atoms with Crippen molar-refractivity contribution in [1.82, 2.24) is 0 Å². The molecular weight excluding hydrogens is 409 g/mol. The van der Waals surface area contributed by atoms with Crippen molar-refractivity contribution in [2.24, 2.45) is 0 Å². The molecule has 5 heteroatoms. The molecule has 1 heterocycles. The Morgan fingerprint density at radius 1 is 0.606 bits per heavy atom. The first kappa shape index (κ1) is 19.6. The highest BCUT2D eigenvalue weighted by Crippen LogP contribution is 2.39. The molecule has 33 heavy (non-hydrogen) atoms. The standard InChI is InChI=1S/C28H20BNO3/c31-29(32)24-12-6-7-13-25(24)30(20-9-2-1-3-10-20)21-15-16-23-27(18-21)33-26-17-14-19-8-4-5-11-22(19)28(23)26/h1-18,31-32H. The van der Waals surface area contributed by atoms with Gasteiger partial charge in [-0.1, -0.05) is 66.7 Å². The summed E-state index contributed by atoms with van der Waals surface area (Å²) < 4.78 is 6.28. The lowest BCUT2D eigenvalue weighted by Gasteiger charge is -2.27. The van der Waals surface area contributed by atoms with Crippen LogP contribution in [0.4, 0.5) is 17.1 Å². The van der Waals surface area contributed by atoms with Crippen molar-refractivity contribution in [3.8, 4) is 0 Å². The number of rotatable bonds is 4. The number of anilines is 3. The third kappa shape index (κ3) is 3.26. The minimum absolute atomic E-state index is 0.428. The molecule has 5 aromatic carbocycles. The van der Waals surface area contributed by atoms with Crippen LogP contribution in [0.25, 0.3) is 32.7 Å². The number of para-hydroxylation sites is 2. The molecule has 0 unspecified atom stereocenters. The van der Waals surface area contributed by atoms with Gasteiger partial charge in [-0.15, -0.1) is 0 Å². The van der Waals surface area contributed by atoms with Crippen molar-refractivity contribution in [3.05, 3.63) is 109 Å². The molecule has 1 aromatic heterocycles. The van der Waals surface area contributed by atoms with Crippen molar-refractivity contribution in [1.29, 1.82) is 0 Å². The first-order valence-corrected chi connectivity index (χ1v) is 10.8. The smallest absolute Gasteiger partial charge is 0.456 e. The van der Waals surface area contributed by atoms with Gasteiger partial charge in [0.1, 0.15) is 11.2 Å². The van der Waals surface area contributed by atoms with E-state index in [9.17, 15) is 10.0 Å². The molecule has 0 aliphatic carbocycles. The SMILES string of the molecule is OB(O)c1ccccc1N(c1ccccc1)c1ccc2c(c1)oc1ccc3ccccc3c12. The molecule has 6 rings (SSSR count). The van der Waals surface area contributed by atoms with Crippen LogP contribution in [0.5, 0.6) is 0 Å². The van der Waals surface area contributed by atoms with E-state index in [1.807, 2.05) is 77.7 Å². The molecule has 4 nitrogen and oxygen atoms in total. The summed E-state index contributed by atoms with van der Waals surface area (Å²) in [7, 11) is -1.59. The Balaban J connectivity index is 1.60. The lowest BCUT2D eigenvalue weighted by molar-refractivity contribution is 0.426. The Morgan fingerprint density at radius 3 is 2.21 bits per heavy atom. The van der Waals surface area contributed by atoms with Gasteiger partial charge in [0, 0.05) is 39.4 Å². The van der Waals surface area contributed by atoms with Crippen LogP contribution in [0.2, 0.25) is 0 Å². The van der Waals surface area contributed by atoms with Gasteiger partial charge in [0.25, 0.3) is 0 Å². The number of benzene rings is 5. The van der Waals surface area contributed by atoms with Crippen LogP contribution in [0.1, 0.15) is 0 Å². The van der Waals surface area contributed by atoms with Crippen molar-refractivity contribution in [2.75, 3.05) is 4.90 Å². The predicted molar refractivity (Wildman–Crippen MR) is 136 cm³/mol. The topological polar surface area (TPSA) is 56.8 Å². The highest BCUT2D eigenvalue weighted by Gasteiger charge is 2.22. The average molecular weight is 429 g/mol. The third-order valence-corrected chi connectivity index (χ3v) is 6.07. The summed E-state index contributed by atoms with van der Waals surface area (Å²) in [5.74, 6) is 0. The van der Waals surface area contributed by atoms with Crippen molar-refractivity contribution >= 4 is 62.4 Å². The fourth-order valence-corrected chi connectivity index (χ4v) is 4.59. The Bertz CT molecular complexity index is 1610. The van der Waals surface area contributed by atoms with Gasteiger partial charge >= 0.3 is 7.12 Å². The molecule has 2 N–H and O–H groups in total. The minimum Gasteiger partial charge on any atom is -0.456 e. The molecule has 0 saturated heterocycles. The van der Waals surface area contributed by atoms with Crippen molar-refractivity contribution in [2.45, 2.75) is 0 Å². The molecule has 0 spiro atoms. The van der Waals surface area contributed by atoms with E-state index < -0.39 is 7.12 Å². The number of hydrogen-bond acceptors (Lipinski definition) is 4. The summed E-state index contributed by atoms with van der Waals surface area (Å²) in [5, 5.41) is 24.5. The van der Waals surface area contributed by atoms with Crippen molar-refractivity contribution < 1.29 is 14.5 Å². The monoisotopic (exact) mass is 429 g/mol. The lowest BCUT2D eigenvalue weighted by Crippen LogP contribution is -2.34. The number of nitrogens with zero attached hydrogens (tertiary/aromatic N) is 1. The fraction of sp³-hybridized carbons (Fsp3) is 0. The van der Waals surface area contributed by atoms with E-state index in [1.54, 1.807) is 12.1 Å². The average Bonchev–Trinajstić information content (AvgIpc) is 3.23. The summed E-state index contributed by atoms with van der Waals surface area (Å²) >= 11 is 0. The summed E-state index contributed by atoms with van der Waals surface area (Å²) in [5.41, 5.74) is 4.52. The molecule has 0 radical (unpaired) electrons. The highest BCUT2D eigenvalue weighted by atomic mass is 16.4. The quantitative estimate of drug-likeness (QED) is 0.343. The largest absolute Gasteiger partial charge is 0.490 e. The summed E-state index contributed by atoms with van der Waals surface area (Å²) in [6, 6.07) is 35.7. The molecule has 0 fully saturated rings. The van der Waals surface area contributed by atoms with E-state index in [1.165, 1.54) is 5.39 Å². The third-order valence-electron chi connectivity index (χ3n) is 6.07. The van der Waals surface area contributed by atoms with Gasteiger partial charge in [-0.25, -0.2) is 0 Å². The highest BCUT2D eigenvalue weighted by molar-refractivity contribution is 6.60. The van der Waals surface area contributed by atoms with E-state index in [0.717, 1.165) is 38.7 Å². The molecule has 0 amide bonds. The second kappa shape index (κ2) is 7.82. The maximum atomic E-state index is 10.0. The van der Waals surface area contributed by atoms with Gasteiger partial charge in [-0.05, 0) is 47.2 Å². The number of hydrogen-bond donors (Lipinski definition) is 2. The van der Waals surface area contributed by atoms with Crippen LogP contribution in [0, 0.1) is 0 Å². The molecule has 0 aliphatic rings. The van der Waals surface area contributed by atoms with E-state index in [4.69, 9.17) is 4.42 Å². The number of furan rings is 1. The normalized spacial score (nSPS) is 11.3. The summed E-state index contributed by atoms with van der Waals surface area (Å²) in [4.78, 5) is 2.01. The predicted octanol–water partition coefficient (Wildman–Crippen LogP) is 5.89. The summed E-state index contributed by atoms with van der Waals surface area (Å²) in [6.45, 7) is 0. The zero-order valence-electron chi connectivity index (χ0n) is 17.7. The van der Waals surface area contributed by atoms with E-state index in [-0.39, 0.29) is 0 Å². The molecule has 0 saturated carbocycles. The molecule has 0 atom stereocenters. The minimum atomic E-state index is -1.59. The van der Waals surface area contributed by atoms with Gasteiger partial charge in [0.2, 0.25) is 0 Å². The van der Waals surface area contributed by atoms with E-state index >= 15 is 0 Å². The second-order valence-electron chi connectivity index (χ2n) is 8.05. The van der Waals surface area contributed by atoms with Crippen LogP contribution in [-0.2, 0) is 0 Å². The molecule has 6 aromatic rings. The van der Waals surface area contributed by atoms with Crippen LogP contribution in [-0.4, -0.2) is 17.2 Å². The van der Waals surface area contributed by atoms with Gasteiger partial charge in [0.05, 0.1) is 0 Å². The van der Waals surface area contributed by atoms with Gasteiger partial charge in [-0.2, -0.15) is 0 Å². The Labute approximate surface area is 191 Å². The van der Waals surface area contributed by atoms with E-state index in [2.05, 4.69) is 24.3 Å². The van der Waals surface area contributed by atoms with Crippen molar-refractivity contribution in [3.63, 3.8) is 0 Å². The first-order valence-electron chi connectivity index (χ1n) is 10.8. The van der Waals surface area contributed by atoms with Gasteiger partial charge in [0.15, 0.2) is 0 Å². The van der Waals surface area contributed by atoms with Gasteiger partial charge in [-0.3, -0.25) is 0 Å². The molecular formula is C28H20BNO3. The molecule has 0 aliphatic heterocycles. The number of fused-ring (bicyclic) bond motifs is 5. The Kier molecular flexibility index (Phi) is 4.65. The Morgan fingerprint density at radius 2 is 1.36 bits per heavy atom. The molecule has 158 valence electrons. The maximum absolute atomic E-state index is 10.0. The van der Waals surface area contributed by atoms with Crippen LogP contribution in [0.3, 0.4) is 0 Å². The van der Waals surface area contributed by atoms with Crippen LogP contribution in [0.15, 0.2) is 114 Å². The van der Waals surface area contributed by atoms with E-state index in [0.29, 0.717) is 11.2 Å². The Hall–Kier alpha value is -4.06. The summed E-state index contributed by atoms with van der Waals surface area (Å²) in [6.07, 6.45) is 0. The molecule has 0 bridgehead atoms. The van der Waals surface area contributed by atoms with Crippen LogP contribution >= 0.6 is 0 Å². The second-order valence-corrected chi connectivity index (χ2v) is 8.05. The zero-order chi connectivity index (χ0) is 22.4. The lowest BCUT2D eigenvalue weighted by atomic mass is 9.78. The maximum Gasteiger partial charge on any atom is 0.490 e. The van der Waals surface area contributed by atoms with Crippen LogP contribution < -0.4 is 10.4 Å². The fourth-order valence-electron chi connectivity index (χ4n) is 4.59. The zero-order valence-corrected chi connectivity index (χ0v) is 17.7. The van der Waals surface area contributed by atoms with Gasteiger partial charge < -0.3 is 19.4 Å². The first-order chi connectivity index (χ1) is 16.2.